The van der Waals surface area contributed by atoms with Gasteiger partial charge in [-0.15, -0.1) is 0 Å². The van der Waals surface area contributed by atoms with E-state index in [4.69, 9.17) is 16.3 Å². The standard InChI is InChI=1S/C14H18BrClO/c1-2-12(15)5-3-4-10-8-13(16)9-11-6-7-17-14(10)11/h8-9,12H,2-7H2,1H3. The predicted octanol–water partition coefficient (Wildman–Crippen LogP) is 4.77. The number of fused-ring (bicyclic) bond motifs is 1. The van der Waals surface area contributed by atoms with Gasteiger partial charge in [0.2, 0.25) is 0 Å². The smallest absolute Gasteiger partial charge is 0.125 e. The van der Waals surface area contributed by atoms with E-state index in [9.17, 15) is 0 Å². The molecular formula is C14H18BrClO. The largest absolute Gasteiger partial charge is 0.493 e. The van der Waals surface area contributed by atoms with Gasteiger partial charge in [0.05, 0.1) is 6.61 Å². The van der Waals surface area contributed by atoms with Crippen molar-refractivity contribution in [1.29, 1.82) is 0 Å². The van der Waals surface area contributed by atoms with Gasteiger partial charge in [0.25, 0.3) is 0 Å². The molecule has 2 rings (SSSR count). The Kier molecular flexibility index (Phi) is 4.75. The fraction of sp³-hybridized carbons (Fsp3) is 0.571. The summed E-state index contributed by atoms with van der Waals surface area (Å²) in [5.74, 6) is 1.09. The summed E-state index contributed by atoms with van der Waals surface area (Å²) in [5, 5.41) is 0.843. The van der Waals surface area contributed by atoms with Crippen LogP contribution in [-0.2, 0) is 12.8 Å². The summed E-state index contributed by atoms with van der Waals surface area (Å²) in [5.41, 5.74) is 2.55. The average molecular weight is 318 g/mol. The monoisotopic (exact) mass is 316 g/mol. The molecule has 0 aromatic heterocycles. The molecule has 0 N–H and O–H groups in total. The van der Waals surface area contributed by atoms with Crippen molar-refractivity contribution in [2.45, 2.75) is 43.9 Å². The van der Waals surface area contributed by atoms with Gasteiger partial charge in [-0.05, 0) is 48.9 Å². The zero-order valence-corrected chi connectivity index (χ0v) is 12.5. The molecule has 0 radical (unpaired) electrons. The Morgan fingerprint density at radius 3 is 3.06 bits per heavy atom. The number of aryl methyl sites for hydroxylation is 1. The van der Waals surface area contributed by atoms with Gasteiger partial charge >= 0.3 is 0 Å². The van der Waals surface area contributed by atoms with E-state index in [1.165, 1.54) is 30.4 Å². The molecule has 1 heterocycles. The van der Waals surface area contributed by atoms with Crippen molar-refractivity contribution in [3.8, 4) is 5.75 Å². The molecule has 3 heteroatoms. The van der Waals surface area contributed by atoms with Crippen molar-refractivity contribution in [3.05, 3.63) is 28.3 Å². The first-order valence-corrected chi connectivity index (χ1v) is 7.58. The van der Waals surface area contributed by atoms with Gasteiger partial charge in [0.15, 0.2) is 0 Å². The van der Waals surface area contributed by atoms with E-state index in [1.54, 1.807) is 0 Å². The van der Waals surface area contributed by atoms with E-state index in [1.807, 2.05) is 6.07 Å². The summed E-state index contributed by atoms with van der Waals surface area (Å²) in [6.07, 6.45) is 5.63. The summed E-state index contributed by atoms with van der Waals surface area (Å²) in [7, 11) is 0. The van der Waals surface area contributed by atoms with Crippen molar-refractivity contribution in [2.24, 2.45) is 0 Å². The van der Waals surface area contributed by atoms with Crippen LogP contribution in [0.4, 0.5) is 0 Å². The number of rotatable bonds is 5. The van der Waals surface area contributed by atoms with Crippen LogP contribution in [0.1, 0.15) is 37.3 Å². The Labute approximate surface area is 117 Å². The second kappa shape index (κ2) is 6.10. The molecule has 1 aromatic rings. The fourth-order valence-electron chi connectivity index (χ4n) is 2.25. The minimum Gasteiger partial charge on any atom is -0.493 e. The maximum Gasteiger partial charge on any atom is 0.125 e. The maximum atomic E-state index is 6.13. The summed E-state index contributed by atoms with van der Waals surface area (Å²) in [6, 6.07) is 4.09. The average Bonchev–Trinajstić information content (AvgIpc) is 2.76. The maximum absolute atomic E-state index is 6.13. The summed E-state index contributed by atoms with van der Waals surface area (Å²) in [6.45, 7) is 3.01. The van der Waals surface area contributed by atoms with Crippen molar-refractivity contribution >= 4 is 27.5 Å². The molecule has 1 aliphatic rings. The molecule has 0 amide bonds. The molecular weight excluding hydrogens is 300 g/mol. The topological polar surface area (TPSA) is 9.23 Å². The number of alkyl halides is 1. The first-order valence-electron chi connectivity index (χ1n) is 6.29. The molecule has 94 valence electrons. The molecule has 1 aromatic carbocycles. The van der Waals surface area contributed by atoms with E-state index in [-0.39, 0.29) is 0 Å². The van der Waals surface area contributed by atoms with Crippen molar-refractivity contribution in [1.82, 2.24) is 0 Å². The van der Waals surface area contributed by atoms with Crippen molar-refractivity contribution in [3.63, 3.8) is 0 Å². The normalized spacial score (nSPS) is 15.5. The minimum atomic E-state index is 0.635. The number of hydrogen-bond acceptors (Lipinski definition) is 1. The minimum absolute atomic E-state index is 0.635. The Bertz CT molecular complexity index is 392. The molecule has 0 bridgehead atoms. The Morgan fingerprint density at radius 2 is 2.29 bits per heavy atom. The quantitative estimate of drug-likeness (QED) is 0.711. The second-order valence-corrected chi connectivity index (χ2v) is 6.28. The molecule has 1 nitrogen and oxygen atoms in total. The lowest BCUT2D eigenvalue weighted by Crippen LogP contribution is -1.98. The van der Waals surface area contributed by atoms with Crippen LogP contribution in [0.3, 0.4) is 0 Å². The van der Waals surface area contributed by atoms with Gasteiger partial charge in [-0.25, -0.2) is 0 Å². The fourth-order valence-corrected chi connectivity index (χ4v) is 2.84. The van der Waals surface area contributed by atoms with Crippen LogP contribution in [0, 0.1) is 0 Å². The number of ether oxygens (including phenoxy) is 1. The van der Waals surface area contributed by atoms with Crippen LogP contribution >= 0.6 is 27.5 Å². The van der Waals surface area contributed by atoms with Gasteiger partial charge < -0.3 is 4.74 Å². The molecule has 1 atom stereocenters. The lowest BCUT2D eigenvalue weighted by Gasteiger charge is -2.10. The van der Waals surface area contributed by atoms with Gasteiger partial charge in [-0.3, -0.25) is 0 Å². The Morgan fingerprint density at radius 1 is 1.47 bits per heavy atom. The van der Waals surface area contributed by atoms with Crippen molar-refractivity contribution in [2.75, 3.05) is 6.61 Å². The van der Waals surface area contributed by atoms with Crippen LogP contribution in [-0.4, -0.2) is 11.4 Å². The first kappa shape index (κ1) is 13.2. The van der Waals surface area contributed by atoms with Crippen LogP contribution in [0.2, 0.25) is 5.02 Å². The third kappa shape index (κ3) is 3.38. The van der Waals surface area contributed by atoms with Gasteiger partial charge in [-0.1, -0.05) is 34.5 Å². The van der Waals surface area contributed by atoms with Crippen LogP contribution in [0.25, 0.3) is 0 Å². The summed E-state index contributed by atoms with van der Waals surface area (Å²) < 4.78 is 5.70. The zero-order chi connectivity index (χ0) is 12.3. The molecule has 0 aliphatic carbocycles. The summed E-state index contributed by atoms with van der Waals surface area (Å²) >= 11 is 9.80. The van der Waals surface area contributed by atoms with Crippen LogP contribution < -0.4 is 4.74 Å². The third-order valence-corrected chi connectivity index (χ3v) is 4.56. The SMILES string of the molecule is CCC(Br)CCCc1cc(Cl)cc2c1OCC2. The van der Waals surface area contributed by atoms with Crippen LogP contribution in [0.15, 0.2) is 12.1 Å². The van der Waals surface area contributed by atoms with Crippen molar-refractivity contribution < 1.29 is 4.74 Å². The molecule has 1 aliphatic heterocycles. The van der Waals surface area contributed by atoms with E-state index in [0.29, 0.717) is 4.83 Å². The third-order valence-electron chi connectivity index (χ3n) is 3.23. The lowest BCUT2D eigenvalue weighted by atomic mass is 10.0. The molecule has 17 heavy (non-hydrogen) atoms. The first-order chi connectivity index (χ1) is 8.20. The van der Waals surface area contributed by atoms with Gasteiger partial charge in [0, 0.05) is 16.3 Å². The van der Waals surface area contributed by atoms with E-state index in [0.717, 1.165) is 30.2 Å². The van der Waals surface area contributed by atoms with E-state index in [2.05, 4.69) is 28.9 Å². The second-order valence-electron chi connectivity index (χ2n) is 4.55. The predicted molar refractivity (Wildman–Crippen MR) is 76.6 cm³/mol. The van der Waals surface area contributed by atoms with Crippen LogP contribution in [0.5, 0.6) is 5.75 Å². The molecule has 0 saturated heterocycles. The van der Waals surface area contributed by atoms with E-state index < -0.39 is 0 Å². The van der Waals surface area contributed by atoms with Gasteiger partial charge in [0.1, 0.15) is 5.75 Å². The highest BCUT2D eigenvalue weighted by Crippen LogP contribution is 2.33. The van der Waals surface area contributed by atoms with E-state index >= 15 is 0 Å². The lowest BCUT2D eigenvalue weighted by molar-refractivity contribution is 0.353. The zero-order valence-electron chi connectivity index (χ0n) is 10.1. The highest BCUT2D eigenvalue weighted by molar-refractivity contribution is 9.09. The highest BCUT2D eigenvalue weighted by Gasteiger charge is 2.17. The number of halogens is 2. The Balaban J connectivity index is 2.01. The molecule has 0 saturated carbocycles. The molecule has 0 fully saturated rings. The molecule has 1 unspecified atom stereocenters. The number of benzene rings is 1. The molecule has 0 spiro atoms. The summed E-state index contributed by atoms with van der Waals surface area (Å²) in [4.78, 5) is 0.635. The highest BCUT2D eigenvalue weighted by atomic mass is 79.9. The Hall–Kier alpha value is -0.210. The van der Waals surface area contributed by atoms with Gasteiger partial charge in [-0.2, -0.15) is 0 Å². The number of hydrogen-bond donors (Lipinski definition) is 0.